The second kappa shape index (κ2) is 7.08. The maximum atomic E-state index is 12.2. The average Bonchev–Trinajstić information content (AvgIpc) is 2.46. The van der Waals surface area contributed by atoms with Crippen LogP contribution >= 0.6 is 0 Å². The van der Waals surface area contributed by atoms with Gasteiger partial charge in [-0.3, -0.25) is 4.79 Å². The van der Waals surface area contributed by atoms with E-state index in [9.17, 15) is 4.79 Å². The van der Waals surface area contributed by atoms with Crippen molar-refractivity contribution in [3.63, 3.8) is 0 Å². The van der Waals surface area contributed by atoms with Gasteiger partial charge in [0.1, 0.15) is 0 Å². The van der Waals surface area contributed by atoms with Gasteiger partial charge in [0.05, 0.1) is 0 Å². The molecule has 1 aromatic carbocycles. The van der Waals surface area contributed by atoms with Crippen LogP contribution in [0, 0.1) is 5.92 Å². The standard InChI is InChI=1S/C18H28N2O/c1-4-6-18(21)20-10-5-7-15-11-14(8-9-17(15)20)12-16(19)13(2)3/h8-9,11,13,16H,4-7,10,12,19H2,1-3H3. The van der Waals surface area contributed by atoms with E-state index in [0.717, 1.165) is 37.9 Å². The Kier molecular flexibility index (Phi) is 5.40. The number of carbonyl (C=O) groups is 1. The fourth-order valence-corrected chi connectivity index (χ4v) is 2.89. The van der Waals surface area contributed by atoms with Crippen LogP contribution in [0.1, 0.15) is 51.2 Å². The molecule has 0 aromatic heterocycles. The lowest BCUT2D eigenvalue weighted by Gasteiger charge is -2.30. The quantitative estimate of drug-likeness (QED) is 0.903. The van der Waals surface area contributed by atoms with Crippen molar-refractivity contribution in [3.8, 4) is 0 Å². The van der Waals surface area contributed by atoms with Crippen molar-refractivity contribution in [1.82, 2.24) is 0 Å². The molecule has 0 saturated carbocycles. The Labute approximate surface area is 128 Å². The molecule has 1 aliphatic heterocycles. The SMILES string of the molecule is CCCC(=O)N1CCCc2cc(CC(N)C(C)C)ccc21. The summed E-state index contributed by atoms with van der Waals surface area (Å²) >= 11 is 0. The third kappa shape index (κ3) is 3.85. The first-order valence-electron chi connectivity index (χ1n) is 8.20. The minimum Gasteiger partial charge on any atom is -0.327 e. The Balaban J connectivity index is 2.18. The predicted molar refractivity (Wildman–Crippen MR) is 88.5 cm³/mol. The van der Waals surface area contributed by atoms with Crippen molar-refractivity contribution in [2.24, 2.45) is 11.7 Å². The highest BCUT2D eigenvalue weighted by atomic mass is 16.2. The lowest BCUT2D eigenvalue weighted by Crippen LogP contribution is -2.35. The van der Waals surface area contributed by atoms with Gasteiger partial charge in [0.25, 0.3) is 0 Å². The summed E-state index contributed by atoms with van der Waals surface area (Å²) in [7, 11) is 0. The molecule has 116 valence electrons. The van der Waals surface area contributed by atoms with Gasteiger partial charge < -0.3 is 10.6 Å². The summed E-state index contributed by atoms with van der Waals surface area (Å²) in [6.07, 6.45) is 4.58. The zero-order chi connectivity index (χ0) is 15.4. The number of hydrogen-bond acceptors (Lipinski definition) is 2. The zero-order valence-corrected chi connectivity index (χ0v) is 13.6. The lowest BCUT2D eigenvalue weighted by atomic mass is 9.93. The van der Waals surface area contributed by atoms with Crippen LogP contribution in [0.25, 0.3) is 0 Å². The number of aryl methyl sites for hydroxylation is 1. The first-order chi connectivity index (χ1) is 10.0. The van der Waals surface area contributed by atoms with Crippen LogP contribution in [-0.4, -0.2) is 18.5 Å². The van der Waals surface area contributed by atoms with Crippen molar-refractivity contribution in [2.45, 2.75) is 58.9 Å². The Hall–Kier alpha value is -1.35. The third-order valence-electron chi connectivity index (χ3n) is 4.36. The number of amides is 1. The first-order valence-corrected chi connectivity index (χ1v) is 8.20. The second-order valence-electron chi connectivity index (χ2n) is 6.47. The van der Waals surface area contributed by atoms with Crippen molar-refractivity contribution >= 4 is 11.6 Å². The number of fused-ring (bicyclic) bond motifs is 1. The number of carbonyl (C=O) groups excluding carboxylic acids is 1. The maximum Gasteiger partial charge on any atom is 0.226 e. The van der Waals surface area contributed by atoms with E-state index in [-0.39, 0.29) is 11.9 Å². The highest BCUT2D eigenvalue weighted by Crippen LogP contribution is 2.29. The van der Waals surface area contributed by atoms with Gasteiger partial charge in [-0.1, -0.05) is 32.9 Å². The fourth-order valence-electron chi connectivity index (χ4n) is 2.89. The molecule has 2 rings (SSSR count). The monoisotopic (exact) mass is 288 g/mol. The summed E-state index contributed by atoms with van der Waals surface area (Å²) in [6.45, 7) is 7.23. The van der Waals surface area contributed by atoms with E-state index in [2.05, 4.69) is 39.0 Å². The van der Waals surface area contributed by atoms with Gasteiger partial charge in [-0.15, -0.1) is 0 Å². The van der Waals surface area contributed by atoms with Gasteiger partial charge in [0.2, 0.25) is 5.91 Å². The van der Waals surface area contributed by atoms with Gasteiger partial charge >= 0.3 is 0 Å². The van der Waals surface area contributed by atoms with E-state index < -0.39 is 0 Å². The van der Waals surface area contributed by atoms with E-state index in [4.69, 9.17) is 5.73 Å². The van der Waals surface area contributed by atoms with Crippen LogP contribution in [0.2, 0.25) is 0 Å². The average molecular weight is 288 g/mol. The first kappa shape index (κ1) is 16.0. The molecule has 0 fully saturated rings. The molecule has 1 aliphatic rings. The van der Waals surface area contributed by atoms with Gasteiger partial charge in [-0.2, -0.15) is 0 Å². The van der Waals surface area contributed by atoms with Crippen molar-refractivity contribution in [3.05, 3.63) is 29.3 Å². The normalized spacial score (nSPS) is 16.0. The zero-order valence-electron chi connectivity index (χ0n) is 13.6. The van der Waals surface area contributed by atoms with Crippen molar-refractivity contribution in [2.75, 3.05) is 11.4 Å². The number of hydrogen-bond donors (Lipinski definition) is 1. The topological polar surface area (TPSA) is 46.3 Å². The molecule has 3 heteroatoms. The summed E-state index contributed by atoms with van der Waals surface area (Å²) in [6, 6.07) is 6.70. The molecular weight excluding hydrogens is 260 g/mol. The highest BCUT2D eigenvalue weighted by Gasteiger charge is 2.22. The molecule has 0 spiro atoms. The van der Waals surface area contributed by atoms with Gasteiger partial charge in [-0.25, -0.2) is 0 Å². The van der Waals surface area contributed by atoms with Crippen LogP contribution in [0.3, 0.4) is 0 Å². The Bertz CT molecular complexity index is 496. The van der Waals surface area contributed by atoms with Gasteiger partial charge in [-0.05, 0) is 48.8 Å². The number of nitrogens with two attached hydrogens (primary N) is 1. The second-order valence-corrected chi connectivity index (χ2v) is 6.47. The number of anilines is 1. The Morgan fingerprint density at radius 1 is 1.38 bits per heavy atom. The number of benzene rings is 1. The highest BCUT2D eigenvalue weighted by molar-refractivity contribution is 5.94. The molecule has 1 aromatic rings. The van der Waals surface area contributed by atoms with Crippen LogP contribution in [0.4, 0.5) is 5.69 Å². The van der Waals surface area contributed by atoms with E-state index in [0.29, 0.717) is 12.3 Å². The Morgan fingerprint density at radius 2 is 2.14 bits per heavy atom. The van der Waals surface area contributed by atoms with E-state index >= 15 is 0 Å². The third-order valence-corrected chi connectivity index (χ3v) is 4.36. The van der Waals surface area contributed by atoms with E-state index in [1.54, 1.807) is 0 Å². The fraction of sp³-hybridized carbons (Fsp3) is 0.611. The van der Waals surface area contributed by atoms with Gasteiger partial charge in [0.15, 0.2) is 0 Å². The lowest BCUT2D eigenvalue weighted by molar-refractivity contribution is -0.118. The number of nitrogens with zero attached hydrogens (tertiary/aromatic N) is 1. The molecule has 0 aliphatic carbocycles. The molecule has 0 radical (unpaired) electrons. The minimum atomic E-state index is 0.199. The van der Waals surface area contributed by atoms with Crippen LogP contribution in [0.5, 0.6) is 0 Å². The van der Waals surface area contributed by atoms with Crippen molar-refractivity contribution in [1.29, 1.82) is 0 Å². The molecule has 1 amide bonds. The molecule has 1 atom stereocenters. The molecule has 0 saturated heterocycles. The summed E-state index contributed by atoms with van der Waals surface area (Å²) in [4.78, 5) is 14.2. The molecule has 1 heterocycles. The molecule has 21 heavy (non-hydrogen) atoms. The molecule has 2 N–H and O–H groups in total. The van der Waals surface area contributed by atoms with E-state index in [1.807, 2.05) is 4.90 Å². The van der Waals surface area contributed by atoms with Crippen LogP contribution in [0.15, 0.2) is 18.2 Å². The summed E-state index contributed by atoms with van der Waals surface area (Å²) in [5.41, 5.74) is 9.88. The predicted octanol–water partition coefficient (Wildman–Crippen LogP) is 3.29. The molecule has 1 unspecified atom stereocenters. The van der Waals surface area contributed by atoms with Crippen molar-refractivity contribution < 1.29 is 4.79 Å². The maximum absolute atomic E-state index is 12.2. The molecule has 0 bridgehead atoms. The smallest absolute Gasteiger partial charge is 0.226 e. The van der Waals surface area contributed by atoms with Crippen LogP contribution in [-0.2, 0) is 17.6 Å². The largest absolute Gasteiger partial charge is 0.327 e. The minimum absolute atomic E-state index is 0.199. The van der Waals surface area contributed by atoms with Gasteiger partial charge in [0, 0.05) is 24.7 Å². The molecule has 3 nitrogen and oxygen atoms in total. The summed E-state index contributed by atoms with van der Waals surface area (Å²) in [5, 5.41) is 0. The van der Waals surface area contributed by atoms with Crippen LogP contribution < -0.4 is 10.6 Å². The van der Waals surface area contributed by atoms with E-state index in [1.165, 1.54) is 11.1 Å². The molecular formula is C18H28N2O. The number of rotatable bonds is 5. The Morgan fingerprint density at radius 3 is 2.81 bits per heavy atom. The summed E-state index contributed by atoms with van der Waals surface area (Å²) < 4.78 is 0. The summed E-state index contributed by atoms with van der Waals surface area (Å²) in [5.74, 6) is 0.744.